The van der Waals surface area contributed by atoms with Crippen molar-refractivity contribution in [2.45, 2.75) is 24.8 Å². The molecule has 1 fully saturated rings. The summed E-state index contributed by atoms with van der Waals surface area (Å²) in [5, 5.41) is 9.01. The number of aliphatic carboxylic acids is 1. The van der Waals surface area contributed by atoms with Crippen LogP contribution >= 0.6 is 11.8 Å². The Kier molecular flexibility index (Phi) is 3.85. The molecule has 1 aliphatic heterocycles. The molecule has 1 saturated heterocycles. The molecule has 16 heavy (non-hydrogen) atoms. The Bertz CT molecular complexity index is 316. The van der Waals surface area contributed by atoms with Crippen molar-refractivity contribution in [2.24, 2.45) is 0 Å². The van der Waals surface area contributed by atoms with Gasteiger partial charge in [0.15, 0.2) is 0 Å². The van der Waals surface area contributed by atoms with Crippen LogP contribution in [0.25, 0.3) is 0 Å². The van der Waals surface area contributed by atoms with Crippen molar-refractivity contribution in [3.63, 3.8) is 0 Å². The molecule has 0 aromatic carbocycles. The minimum Gasteiger partial charge on any atom is -0.480 e. The third kappa shape index (κ3) is 2.49. The number of carbonyl (C=O) groups is 2. The number of thioether (sulfide) groups is 1. The standard InChI is InChI=1S/C10H15NO4S/c1-4-5-15-9(14)11-7(8(12)13)6-16-10(11,2)3/h4,7H,1,5-6H2,2-3H3,(H,12,13). The van der Waals surface area contributed by atoms with Crippen LogP contribution in [-0.4, -0.2) is 45.3 Å². The molecule has 6 heteroatoms. The molecule has 1 N–H and O–H groups in total. The third-order valence-electron chi connectivity index (χ3n) is 2.29. The predicted molar refractivity (Wildman–Crippen MR) is 61.3 cm³/mol. The number of carbonyl (C=O) groups excluding carboxylic acids is 1. The predicted octanol–water partition coefficient (Wildman–Crippen LogP) is 1.55. The quantitative estimate of drug-likeness (QED) is 0.764. The lowest BCUT2D eigenvalue weighted by Gasteiger charge is -2.31. The van der Waals surface area contributed by atoms with E-state index in [1.165, 1.54) is 22.7 Å². The van der Waals surface area contributed by atoms with Crippen molar-refractivity contribution in [1.82, 2.24) is 4.90 Å². The van der Waals surface area contributed by atoms with E-state index in [9.17, 15) is 9.59 Å². The highest BCUT2D eigenvalue weighted by Gasteiger charge is 2.47. The summed E-state index contributed by atoms with van der Waals surface area (Å²) < 4.78 is 4.88. The van der Waals surface area contributed by atoms with Gasteiger partial charge in [-0.05, 0) is 13.8 Å². The fraction of sp³-hybridized carbons (Fsp3) is 0.600. The number of hydrogen-bond donors (Lipinski definition) is 1. The first-order valence-corrected chi connectivity index (χ1v) is 5.82. The topological polar surface area (TPSA) is 66.8 Å². The second kappa shape index (κ2) is 4.78. The monoisotopic (exact) mass is 245 g/mol. The SMILES string of the molecule is C=CCOC(=O)N1C(C(=O)O)CSC1(C)C. The van der Waals surface area contributed by atoms with E-state index in [1.807, 2.05) is 0 Å². The van der Waals surface area contributed by atoms with Crippen molar-refractivity contribution in [2.75, 3.05) is 12.4 Å². The van der Waals surface area contributed by atoms with Gasteiger partial charge in [-0.25, -0.2) is 9.59 Å². The molecule has 1 amide bonds. The van der Waals surface area contributed by atoms with E-state index in [0.717, 1.165) is 0 Å². The number of ether oxygens (including phenoxy) is 1. The molecule has 0 saturated carbocycles. The summed E-state index contributed by atoms with van der Waals surface area (Å²) in [6, 6.07) is -0.822. The summed E-state index contributed by atoms with van der Waals surface area (Å²) in [7, 11) is 0. The van der Waals surface area contributed by atoms with Gasteiger partial charge in [0.1, 0.15) is 12.6 Å². The van der Waals surface area contributed by atoms with E-state index in [0.29, 0.717) is 5.75 Å². The molecule has 0 aromatic heterocycles. The Morgan fingerprint density at radius 3 is 2.81 bits per heavy atom. The number of nitrogens with zero attached hydrogens (tertiary/aromatic N) is 1. The Morgan fingerprint density at radius 2 is 2.31 bits per heavy atom. The van der Waals surface area contributed by atoms with Crippen molar-refractivity contribution in [3.05, 3.63) is 12.7 Å². The zero-order chi connectivity index (χ0) is 12.3. The summed E-state index contributed by atoms with van der Waals surface area (Å²) in [6.07, 6.45) is 0.839. The van der Waals surface area contributed by atoms with Crippen LogP contribution in [0.4, 0.5) is 4.79 Å². The molecule has 90 valence electrons. The molecule has 1 rings (SSSR count). The molecule has 0 spiro atoms. The lowest BCUT2D eigenvalue weighted by molar-refractivity contribution is -0.142. The smallest absolute Gasteiger partial charge is 0.411 e. The van der Waals surface area contributed by atoms with Crippen LogP contribution in [-0.2, 0) is 9.53 Å². The highest BCUT2D eigenvalue weighted by atomic mass is 32.2. The van der Waals surface area contributed by atoms with Gasteiger partial charge in [0.05, 0.1) is 4.87 Å². The summed E-state index contributed by atoms with van der Waals surface area (Å²) >= 11 is 1.42. The lowest BCUT2D eigenvalue weighted by atomic mass is 10.2. The highest BCUT2D eigenvalue weighted by Crippen LogP contribution is 2.39. The third-order valence-corrected chi connectivity index (χ3v) is 3.68. The van der Waals surface area contributed by atoms with E-state index >= 15 is 0 Å². The van der Waals surface area contributed by atoms with Crippen LogP contribution < -0.4 is 0 Å². The van der Waals surface area contributed by atoms with Gasteiger partial charge in [0.2, 0.25) is 0 Å². The van der Waals surface area contributed by atoms with Crippen LogP contribution in [0.3, 0.4) is 0 Å². The van der Waals surface area contributed by atoms with Crippen LogP contribution in [0.15, 0.2) is 12.7 Å². The van der Waals surface area contributed by atoms with Gasteiger partial charge < -0.3 is 9.84 Å². The van der Waals surface area contributed by atoms with E-state index in [-0.39, 0.29) is 6.61 Å². The zero-order valence-electron chi connectivity index (χ0n) is 9.30. The lowest BCUT2D eigenvalue weighted by Crippen LogP contribution is -2.50. The first kappa shape index (κ1) is 12.9. The molecule has 0 bridgehead atoms. The minimum absolute atomic E-state index is 0.0857. The second-order valence-electron chi connectivity index (χ2n) is 3.85. The van der Waals surface area contributed by atoms with Gasteiger partial charge in [-0.15, -0.1) is 11.8 Å². The van der Waals surface area contributed by atoms with Crippen molar-refractivity contribution < 1.29 is 19.4 Å². The molecule has 1 unspecified atom stereocenters. The summed E-state index contributed by atoms with van der Waals surface area (Å²) in [6.45, 7) is 7.12. The molecule has 1 atom stereocenters. The fourth-order valence-electron chi connectivity index (χ4n) is 1.53. The number of carboxylic acids is 1. The average molecular weight is 245 g/mol. The maximum absolute atomic E-state index is 11.7. The molecule has 5 nitrogen and oxygen atoms in total. The number of hydrogen-bond acceptors (Lipinski definition) is 4. The van der Waals surface area contributed by atoms with E-state index < -0.39 is 23.0 Å². The number of carboxylic acid groups (broad SMARTS) is 1. The van der Waals surface area contributed by atoms with Gasteiger partial charge in [0.25, 0.3) is 0 Å². The first-order chi connectivity index (χ1) is 7.40. The number of rotatable bonds is 3. The van der Waals surface area contributed by atoms with E-state index in [1.54, 1.807) is 13.8 Å². The average Bonchev–Trinajstić information content (AvgIpc) is 2.50. The van der Waals surface area contributed by atoms with Gasteiger partial charge >= 0.3 is 12.1 Å². The largest absolute Gasteiger partial charge is 0.480 e. The molecule has 0 radical (unpaired) electrons. The summed E-state index contributed by atoms with van der Waals surface area (Å²) in [4.78, 5) is 23.4. The van der Waals surface area contributed by atoms with Crippen molar-refractivity contribution >= 4 is 23.8 Å². The van der Waals surface area contributed by atoms with Gasteiger partial charge in [-0.1, -0.05) is 12.7 Å². The van der Waals surface area contributed by atoms with Crippen LogP contribution in [0.5, 0.6) is 0 Å². The molecule has 1 heterocycles. The molecular formula is C10H15NO4S. The molecular weight excluding hydrogens is 230 g/mol. The Balaban J connectivity index is 2.82. The first-order valence-electron chi connectivity index (χ1n) is 4.84. The van der Waals surface area contributed by atoms with Crippen LogP contribution in [0, 0.1) is 0 Å². The molecule has 0 aromatic rings. The van der Waals surface area contributed by atoms with Crippen LogP contribution in [0.2, 0.25) is 0 Å². The van der Waals surface area contributed by atoms with Crippen molar-refractivity contribution in [1.29, 1.82) is 0 Å². The van der Waals surface area contributed by atoms with E-state index in [4.69, 9.17) is 9.84 Å². The molecule has 0 aliphatic carbocycles. The minimum atomic E-state index is -1.01. The summed E-state index contributed by atoms with van der Waals surface area (Å²) in [5.74, 6) is -0.625. The maximum atomic E-state index is 11.7. The molecule has 1 aliphatic rings. The van der Waals surface area contributed by atoms with Crippen LogP contribution in [0.1, 0.15) is 13.8 Å². The Hall–Kier alpha value is -1.17. The Morgan fingerprint density at radius 1 is 1.69 bits per heavy atom. The van der Waals surface area contributed by atoms with Crippen molar-refractivity contribution in [3.8, 4) is 0 Å². The van der Waals surface area contributed by atoms with Gasteiger partial charge in [-0.3, -0.25) is 4.90 Å². The van der Waals surface area contributed by atoms with E-state index in [2.05, 4.69) is 6.58 Å². The van der Waals surface area contributed by atoms with Gasteiger partial charge in [0, 0.05) is 5.75 Å². The maximum Gasteiger partial charge on any atom is 0.411 e. The normalized spacial score (nSPS) is 22.9. The zero-order valence-corrected chi connectivity index (χ0v) is 10.1. The Labute approximate surface area is 98.4 Å². The second-order valence-corrected chi connectivity index (χ2v) is 5.47. The van der Waals surface area contributed by atoms with Gasteiger partial charge in [-0.2, -0.15) is 0 Å². The highest BCUT2D eigenvalue weighted by molar-refractivity contribution is 8.00. The summed E-state index contributed by atoms with van der Waals surface area (Å²) in [5.41, 5.74) is 0. The number of amides is 1. The fourth-order valence-corrected chi connectivity index (χ4v) is 2.73.